The molecule has 0 aliphatic carbocycles. The molecule has 0 saturated carbocycles. The van der Waals surface area contributed by atoms with E-state index >= 15 is 0 Å². The van der Waals surface area contributed by atoms with Crippen LogP contribution in [0.4, 0.5) is 5.88 Å². The molecule has 1 fully saturated rings. The molecular weight excluding hydrogens is 370 g/mol. The van der Waals surface area contributed by atoms with E-state index in [0.29, 0.717) is 43.2 Å². The van der Waals surface area contributed by atoms with E-state index in [-0.39, 0.29) is 5.43 Å². The van der Waals surface area contributed by atoms with E-state index in [1.165, 1.54) is 13.2 Å². The Hall–Kier alpha value is -3.38. The molecule has 0 bridgehead atoms. The highest BCUT2D eigenvalue weighted by Crippen LogP contribution is 2.26. The number of anilines is 1. The SMILES string of the molecule is COC(=O)/C=C/c1cccc(-c2ccc3oc(N4CCOCC4)cc(=O)c3c2)c1. The third-order valence-corrected chi connectivity index (χ3v) is 4.87. The Bertz CT molecular complexity index is 1130. The molecule has 2 aromatic carbocycles. The molecule has 148 valence electrons. The number of methoxy groups -OCH3 is 1. The minimum absolute atomic E-state index is 0.0728. The lowest BCUT2D eigenvalue weighted by Crippen LogP contribution is -2.36. The van der Waals surface area contributed by atoms with Crippen molar-refractivity contribution in [1.82, 2.24) is 0 Å². The summed E-state index contributed by atoms with van der Waals surface area (Å²) >= 11 is 0. The van der Waals surface area contributed by atoms with Gasteiger partial charge in [-0.05, 0) is 41.0 Å². The normalized spacial score (nSPS) is 14.4. The second-order valence-corrected chi connectivity index (χ2v) is 6.74. The quantitative estimate of drug-likeness (QED) is 0.501. The van der Waals surface area contributed by atoms with E-state index in [2.05, 4.69) is 4.74 Å². The molecule has 1 aromatic heterocycles. The zero-order valence-electron chi connectivity index (χ0n) is 16.1. The Morgan fingerprint density at radius 1 is 1.07 bits per heavy atom. The summed E-state index contributed by atoms with van der Waals surface area (Å²) < 4.78 is 16.0. The van der Waals surface area contributed by atoms with Gasteiger partial charge < -0.3 is 18.8 Å². The summed E-state index contributed by atoms with van der Waals surface area (Å²) in [6.07, 6.45) is 3.07. The molecule has 6 nitrogen and oxygen atoms in total. The number of ether oxygens (including phenoxy) is 2. The predicted octanol–water partition coefficient (Wildman–Crippen LogP) is 3.48. The summed E-state index contributed by atoms with van der Waals surface area (Å²) in [4.78, 5) is 26.0. The lowest BCUT2D eigenvalue weighted by molar-refractivity contribution is -0.134. The van der Waals surface area contributed by atoms with Gasteiger partial charge in [0.1, 0.15) is 5.58 Å². The van der Waals surface area contributed by atoms with Crippen LogP contribution in [0.5, 0.6) is 0 Å². The number of fused-ring (bicyclic) bond motifs is 1. The number of benzene rings is 2. The first-order valence-electron chi connectivity index (χ1n) is 9.41. The third-order valence-electron chi connectivity index (χ3n) is 4.87. The van der Waals surface area contributed by atoms with Crippen molar-refractivity contribution >= 4 is 28.9 Å². The Kier molecular flexibility index (Phi) is 5.44. The van der Waals surface area contributed by atoms with E-state index in [4.69, 9.17) is 9.15 Å². The molecular formula is C23H21NO5. The molecule has 0 radical (unpaired) electrons. The van der Waals surface area contributed by atoms with Crippen molar-refractivity contribution in [1.29, 1.82) is 0 Å². The summed E-state index contributed by atoms with van der Waals surface area (Å²) in [6.45, 7) is 2.67. The van der Waals surface area contributed by atoms with Crippen LogP contribution in [-0.4, -0.2) is 39.4 Å². The zero-order chi connectivity index (χ0) is 20.2. The zero-order valence-corrected chi connectivity index (χ0v) is 16.1. The van der Waals surface area contributed by atoms with Crippen LogP contribution in [0.1, 0.15) is 5.56 Å². The molecule has 1 saturated heterocycles. The monoisotopic (exact) mass is 391 g/mol. The third kappa shape index (κ3) is 4.22. The number of morpholine rings is 1. The summed E-state index contributed by atoms with van der Waals surface area (Å²) in [5.74, 6) is 0.170. The largest absolute Gasteiger partial charge is 0.466 e. The lowest BCUT2D eigenvalue weighted by Gasteiger charge is -2.27. The predicted molar refractivity (Wildman–Crippen MR) is 112 cm³/mol. The van der Waals surface area contributed by atoms with E-state index in [9.17, 15) is 9.59 Å². The van der Waals surface area contributed by atoms with Crippen LogP contribution in [0.3, 0.4) is 0 Å². The Morgan fingerprint density at radius 3 is 2.66 bits per heavy atom. The molecule has 6 heteroatoms. The first kappa shape index (κ1) is 19.0. The number of hydrogen-bond donors (Lipinski definition) is 0. The van der Waals surface area contributed by atoms with Gasteiger partial charge in [0, 0.05) is 25.2 Å². The Morgan fingerprint density at radius 2 is 1.86 bits per heavy atom. The molecule has 2 heterocycles. The molecule has 0 spiro atoms. The highest BCUT2D eigenvalue weighted by molar-refractivity contribution is 5.88. The average Bonchev–Trinajstić information content (AvgIpc) is 2.78. The second-order valence-electron chi connectivity index (χ2n) is 6.74. The van der Waals surface area contributed by atoms with Crippen molar-refractivity contribution in [3.8, 4) is 11.1 Å². The molecule has 0 unspecified atom stereocenters. The van der Waals surface area contributed by atoms with Gasteiger partial charge in [0.25, 0.3) is 0 Å². The van der Waals surface area contributed by atoms with E-state index < -0.39 is 5.97 Å². The molecule has 29 heavy (non-hydrogen) atoms. The summed E-state index contributed by atoms with van der Waals surface area (Å²) in [5, 5.41) is 0.537. The molecule has 1 aliphatic rings. The van der Waals surface area contributed by atoms with Crippen LogP contribution in [0.25, 0.3) is 28.2 Å². The van der Waals surface area contributed by atoms with Crippen LogP contribution < -0.4 is 10.3 Å². The summed E-state index contributed by atoms with van der Waals surface area (Å²) in [6, 6.07) is 14.9. The van der Waals surface area contributed by atoms with Crippen molar-refractivity contribution in [2.75, 3.05) is 38.3 Å². The van der Waals surface area contributed by atoms with Gasteiger partial charge >= 0.3 is 5.97 Å². The topological polar surface area (TPSA) is 69.0 Å². The van der Waals surface area contributed by atoms with Crippen molar-refractivity contribution in [2.24, 2.45) is 0 Å². The van der Waals surface area contributed by atoms with Gasteiger partial charge in [-0.2, -0.15) is 0 Å². The standard InChI is InChI=1S/C23H21NO5/c1-27-23(26)8-5-16-3-2-4-17(13-16)18-6-7-21-19(14-18)20(25)15-22(29-21)24-9-11-28-12-10-24/h2-8,13-15H,9-12H2,1H3/b8-5+. The van der Waals surface area contributed by atoms with Crippen molar-refractivity contribution in [2.45, 2.75) is 0 Å². The fourth-order valence-corrected chi connectivity index (χ4v) is 3.32. The Labute approximate surface area is 168 Å². The van der Waals surface area contributed by atoms with E-state index in [1.54, 1.807) is 12.1 Å². The fraction of sp³-hybridized carbons (Fsp3) is 0.217. The van der Waals surface area contributed by atoms with Gasteiger partial charge in [0.2, 0.25) is 0 Å². The van der Waals surface area contributed by atoms with Crippen LogP contribution >= 0.6 is 0 Å². The minimum atomic E-state index is -0.408. The number of hydrogen-bond acceptors (Lipinski definition) is 6. The molecule has 0 amide bonds. The highest BCUT2D eigenvalue weighted by Gasteiger charge is 2.15. The van der Waals surface area contributed by atoms with Crippen LogP contribution in [-0.2, 0) is 14.3 Å². The van der Waals surface area contributed by atoms with Crippen molar-refractivity contribution < 1.29 is 18.7 Å². The maximum Gasteiger partial charge on any atom is 0.330 e. The first-order chi connectivity index (χ1) is 14.1. The number of esters is 1. The maximum atomic E-state index is 12.7. The van der Waals surface area contributed by atoms with Crippen molar-refractivity contribution in [3.63, 3.8) is 0 Å². The molecule has 3 aromatic rings. The van der Waals surface area contributed by atoms with E-state index in [1.807, 2.05) is 47.4 Å². The number of rotatable bonds is 4. The number of carbonyl (C=O) groups is 1. The van der Waals surface area contributed by atoms with Gasteiger partial charge in [-0.15, -0.1) is 0 Å². The van der Waals surface area contributed by atoms with E-state index in [0.717, 1.165) is 16.7 Å². The molecule has 0 atom stereocenters. The van der Waals surface area contributed by atoms with Gasteiger partial charge in [0.15, 0.2) is 11.3 Å². The molecule has 1 aliphatic heterocycles. The average molecular weight is 391 g/mol. The van der Waals surface area contributed by atoms with Gasteiger partial charge in [0.05, 0.1) is 25.7 Å². The van der Waals surface area contributed by atoms with Gasteiger partial charge in [-0.1, -0.05) is 24.3 Å². The van der Waals surface area contributed by atoms with Crippen molar-refractivity contribution in [3.05, 3.63) is 70.4 Å². The van der Waals surface area contributed by atoms with Crippen LogP contribution in [0.2, 0.25) is 0 Å². The maximum absolute atomic E-state index is 12.7. The second kappa shape index (κ2) is 8.32. The van der Waals surface area contributed by atoms with Crippen LogP contribution in [0, 0.1) is 0 Å². The first-order valence-corrected chi connectivity index (χ1v) is 9.41. The van der Waals surface area contributed by atoms with Crippen LogP contribution in [0.15, 0.2) is 63.8 Å². The number of nitrogens with zero attached hydrogens (tertiary/aromatic N) is 1. The van der Waals surface area contributed by atoms with Gasteiger partial charge in [-0.3, -0.25) is 4.79 Å². The van der Waals surface area contributed by atoms with Gasteiger partial charge in [-0.25, -0.2) is 4.79 Å². The number of carbonyl (C=O) groups excluding carboxylic acids is 1. The Balaban J connectivity index is 1.67. The highest BCUT2D eigenvalue weighted by atomic mass is 16.5. The molecule has 0 N–H and O–H groups in total. The molecule has 4 rings (SSSR count). The lowest BCUT2D eigenvalue weighted by atomic mass is 10.0. The summed E-state index contributed by atoms with van der Waals surface area (Å²) in [5.41, 5.74) is 3.19. The smallest absolute Gasteiger partial charge is 0.330 e. The minimum Gasteiger partial charge on any atom is -0.466 e. The summed E-state index contributed by atoms with van der Waals surface area (Å²) in [7, 11) is 1.34. The fourth-order valence-electron chi connectivity index (χ4n) is 3.32.